The highest BCUT2D eigenvalue weighted by Crippen LogP contribution is 2.28. The topological polar surface area (TPSA) is 74.1 Å². The number of imidazole rings is 1. The molecule has 0 radical (unpaired) electrons. The molecule has 0 bridgehead atoms. The van der Waals surface area contributed by atoms with Crippen LogP contribution >= 0.6 is 0 Å². The van der Waals surface area contributed by atoms with Gasteiger partial charge in [0.2, 0.25) is 0 Å². The molecule has 7 nitrogen and oxygen atoms in total. The third-order valence-electron chi connectivity index (χ3n) is 5.60. The number of aryl methyl sites for hydroxylation is 1. The predicted octanol–water partition coefficient (Wildman–Crippen LogP) is 2.89. The van der Waals surface area contributed by atoms with Crippen LogP contribution in [0.4, 0.5) is 5.82 Å². The molecule has 5 rings (SSSR count). The molecule has 0 saturated carbocycles. The first-order valence-electron chi connectivity index (χ1n) is 9.58. The summed E-state index contributed by atoms with van der Waals surface area (Å²) in [6.45, 7) is 4.17. The van der Waals surface area contributed by atoms with Gasteiger partial charge in [-0.15, -0.1) is 0 Å². The van der Waals surface area contributed by atoms with Crippen molar-refractivity contribution in [2.45, 2.75) is 19.4 Å². The second-order valence-corrected chi connectivity index (χ2v) is 7.37. The van der Waals surface area contributed by atoms with E-state index >= 15 is 0 Å². The average molecular weight is 373 g/mol. The van der Waals surface area contributed by atoms with E-state index in [2.05, 4.69) is 68.2 Å². The van der Waals surface area contributed by atoms with Gasteiger partial charge in [-0.1, -0.05) is 6.07 Å². The molecule has 4 aromatic rings. The van der Waals surface area contributed by atoms with Crippen LogP contribution in [0, 0.1) is 6.92 Å². The normalized spacial score (nSPS) is 16.7. The van der Waals surface area contributed by atoms with Gasteiger partial charge in [-0.2, -0.15) is 5.10 Å². The second-order valence-electron chi connectivity index (χ2n) is 7.37. The number of hydrogen-bond donors (Lipinski definition) is 2. The Balaban J connectivity index is 1.58. The standard InChI is InChI=1S/C21H23N7/c1-14-8-21-23-12-19(28(21)13-17(14)15-9-24-25-10-15)18-4-3-5-20(26-18)27(2)16-6-7-22-11-16/h3-5,8-10,12-13,16,22H,6-7,11H2,1-2H3,(H,24,25). The molecule has 1 fully saturated rings. The number of nitrogens with one attached hydrogen (secondary N) is 2. The van der Waals surface area contributed by atoms with Crippen LogP contribution in [0.2, 0.25) is 0 Å². The molecule has 0 aromatic carbocycles. The van der Waals surface area contributed by atoms with Crippen LogP contribution in [0.25, 0.3) is 28.2 Å². The quantitative estimate of drug-likeness (QED) is 0.575. The first kappa shape index (κ1) is 16.9. The molecule has 1 atom stereocenters. The van der Waals surface area contributed by atoms with E-state index in [1.807, 2.05) is 24.7 Å². The fraction of sp³-hybridized carbons (Fsp3) is 0.286. The Morgan fingerprint density at radius 3 is 2.96 bits per heavy atom. The molecule has 1 saturated heterocycles. The number of H-pyrrole nitrogens is 1. The molecule has 28 heavy (non-hydrogen) atoms. The Bertz CT molecular complexity index is 1110. The van der Waals surface area contributed by atoms with Crippen molar-refractivity contribution in [3.8, 4) is 22.5 Å². The minimum absolute atomic E-state index is 0.486. The Morgan fingerprint density at radius 2 is 2.18 bits per heavy atom. The Labute approximate surface area is 163 Å². The van der Waals surface area contributed by atoms with E-state index in [1.54, 1.807) is 0 Å². The third-order valence-corrected chi connectivity index (χ3v) is 5.60. The number of hydrogen-bond acceptors (Lipinski definition) is 5. The van der Waals surface area contributed by atoms with Gasteiger partial charge in [-0.3, -0.25) is 9.50 Å². The number of aromatic nitrogens is 5. The zero-order chi connectivity index (χ0) is 19.1. The van der Waals surface area contributed by atoms with Crippen LogP contribution in [0.1, 0.15) is 12.0 Å². The summed E-state index contributed by atoms with van der Waals surface area (Å²) in [6, 6.07) is 8.78. The second kappa shape index (κ2) is 6.76. The summed E-state index contributed by atoms with van der Waals surface area (Å²) in [7, 11) is 2.12. The van der Waals surface area contributed by atoms with Gasteiger partial charge in [-0.25, -0.2) is 9.97 Å². The van der Waals surface area contributed by atoms with Crippen molar-refractivity contribution in [2.24, 2.45) is 0 Å². The monoisotopic (exact) mass is 373 g/mol. The molecular formula is C21H23N7. The van der Waals surface area contributed by atoms with E-state index in [9.17, 15) is 0 Å². The van der Waals surface area contributed by atoms with Crippen LogP contribution in [0.3, 0.4) is 0 Å². The van der Waals surface area contributed by atoms with Crippen LogP contribution in [-0.4, -0.2) is 50.7 Å². The largest absolute Gasteiger partial charge is 0.355 e. The molecule has 1 unspecified atom stereocenters. The Kier molecular flexibility index (Phi) is 4.09. The molecule has 4 aromatic heterocycles. The fourth-order valence-electron chi connectivity index (χ4n) is 3.93. The highest BCUT2D eigenvalue weighted by atomic mass is 15.2. The SMILES string of the molecule is Cc1cc2ncc(-c3cccc(N(C)C4CCNC4)n3)n2cc1-c1cn[nH]c1. The van der Waals surface area contributed by atoms with Gasteiger partial charge in [-0.05, 0) is 43.7 Å². The number of rotatable bonds is 4. The van der Waals surface area contributed by atoms with Crippen molar-refractivity contribution < 1.29 is 0 Å². The number of fused-ring (bicyclic) bond motifs is 1. The van der Waals surface area contributed by atoms with E-state index in [1.165, 1.54) is 5.56 Å². The van der Waals surface area contributed by atoms with Gasteiger partial charge in [0.05, 0.1) is 23.8 Å². The van der Waals surface area contributed by atoms with Crippen LogP contribution in [0.5, 0.6) is 0 Å². The van der Waals surface area contributed by atoms with Gasteiger partial charge in [0.15, 0.2) is 0 Å². The average Bonchev–Trinajstić information content (AvgIpc) is 3.47. The summed E-state index contributed by atoms with van der Waals surface area (Å²) in [4.78, 5) is 11.8. The van der Waals surface area contributed by atoms with E-state index in [0.29, 0.717) is 6.04 Å². The Morgan fingerprint density at radius 1 is 1.25 bits per heavy atom. The molecular weight excluding hydrogens is 350 g/mol. The van der Waals surface area contributed by atoms with E-state index in [0.717, 1.165) is 53.5 Å². The summed E-state index contributed by atoms with van der Waals surface area (Å²) in [5, 5.41) is 10.4. The van der Waals surface area contributed by atoms with E-state index in [4.69, 9.17) is 4.98 Å². The molecule has 2 N–H and O–H groups in total. The zero-order valence-electron chi connectivity index (χ0n) is 16.1. The van der Waals surface area contributed by atoms with Gasteiger partial charge >= 0.3 is 0 Å². The van der Waals surface area contributed by atoms with Crippen molar-refractivity contribution in [3.63, 3.8) is 0 Å². The molecule has 1 aliphatic heterocycles. The van der Waals surface area contributed by atoms with Crippen molar-refractivity contribution in [2.75, 3.05) is 25.0 Å². The zero-order valence-corrected chi connectivity index (χ0v) is 16.1. The highest BCUT2D eigenvalue weighted by Gasteiger charge is 2.21. The summed E-state index contributed by atoms with van der Waals surface area (Å²) in [5.41, 5.74) is 6.19. The van der Waals surface area contributed by atoms with Crippen LogP contribution < -0.4 is 10.2 Å². The fourth-order valence-corrected chi connectivity index (χ4v) is 3.93. The highest BCUT2D eigenvalue weighted by molar-refractivity contribution is 5.70. The van der Waals surface area contributed by atoms with Gasteiger partial charge in [0.25, 0.3) is 0 Å². The molecule has 1 aliphatic rings. The minimum Gasteiger partial charge on any atom is -0.355 e. The number of anilines is 1. The van der Waals surface area contributed by atoms with E-state index < -0.39 is 0 Å². The predicted molar refractivity (Wildman–Crippen MR) is 110 cm³/mol. The Hall–Kier alpha value is -3.19. The van der Waals surface area contributed by atoms with Gasteiger partial charge in [0.1, 0.15) is 11.5 Å². The summed E-state index contributed by atoms with van der Waals surface area (Å²) in [5.74, 6) is 0.989. The number of likely N-dealkylation sites (N-methyl/N-ethyl adjacent to an activating group) is 1. The number of aromatic amines is 1. The van der Waals surface area contributed by atoms with E-state index in [-0.39, 0.29) is 0 Å². The lowest BCUT2D eigenvalue weighted by Gasteiger charge is -2.25. The molecule has 142 valence electrons. The molecule has 5 heterocycles. The van der Waals surface area contributed by atoms with Crippen molar-refractivity contribution in [1.82, 2.24) is 29.9 Å². The maximum absolute atomic E-state index is 4.94. The molecule has 0 amide bonds. The summed E-state index contributed by atoms with van der Waals surface area (Å²) >= 11 is 0. The van der Waals surface area contributed by atoms with Crippen LogP contribution in [0.15, 0.2) is 49.1 Å². The number of nitrogens with zero attached hydrogens (tertiary/aromatic N) is 5. The van der Waals surface area contributed by atoms with Crippen molar-refractivity contribution in [1.29, 1.82) is 0 Å². The third kappa shape index (κ3) is 2.84. The van der Waals surface area contributed by atoms with Gasteiger partial charge < -0.3 is 10.2 Å². The summed E-state index contributed by atoms with van der Waals surface area (Å²) in [6.07, 6.45) is 8.92. The maximum Gasteiger partial charge on any atom is 0.137 e. The van der Waals surface area contributed by atoms with Crippen molar-refractivity contribution >= 4 is 11.5 Å². The molecule has 0 spiro atoms. The maximum atomic E-state index is 4.94. The minimum atomic E-state index is 0.486. The lowest BCUT2D eigenvalue weighted by Crippen LogP contribution is -2.33. The first-order chi connectivity index (χ1) is 13.7. The molecule has 7 heteroatoms. The number of pyridine rings is 2. The van der Waals surface area contributed by atoms with Gasteiger partial charge in [0, 0.05) is 43.2 Å². The molecule has 0 aliphatic carbocycles. The first-order valence-corrected chi connectivity index (χ1v) is 9.58. The summed E-state index contributed by atoms with van der Waals surface area (Å²) < 4.78 is 2.11. The lowest BCUT2D eigenvalue weighted by molar-refractivity contribution is 0.678. The van der Waals surface area contributed by atoms with Crippen molar-refractivity contribution in [3.05, 3.63) is 54.6 Å². The smallest absolute Gasteiger partial charge is 0.137 e. The lowest BCUT2D eigenvalue weighted by atomic mass is 10.1. The van der Waals surface area contributed by atoms with Crippen LogP contribution in [-0.2, 0) is 0 Å².